The van der Waals surface area contributed by atoms with Crippen molar-refractivity contribution in [1.82, 2.24) is 19.9 Å². The number of aromatic nitrogens is 2. The van der Waals surface area contributed by atoms with Crippen LogP contribution in [0, 0.1) is 0 Å². The van der Waals surface area contributed by atoms with Gasteiger partial charge in [-0.1, -0.05) is 59.8 Å². The van der Waals surface area contributed by atoms with Crippen molar-refractivity contribution in [2.24, 2.45) is 0 Å². The van der Waals surface area contributed by atoms with E-state index in [1.165, 1.54) is 36.9 Å². The topological polar surface area (TPSA) is 45.4 Å². The van der Waals surface area contributed by atoms with E-state index in [4.69, 9.17) is 4.52 Å². The Balaban J connectivity index is 1.16. The monoisotopic (exact) mass is 374 g/mol. The van der Waals surface area contributed by atoms with Crippen molar-refractivity contribution >= 4 is 0 Å². The summed E-state index contributed by atoms with van der Waals surface area (Å²) < 4.78 is 5.49. The first-order valence-corrected chi connectivity index (χ1v) is 10.3. The maximum absolute atomic E-state index is 5.49. The Morgan fingerprint density at radius 3 is 2.46 bits per heavy atom. The van der Waals surface area contributed by atoms with E-state index in [-0.39, 0.29) is 0 Å². The van der Waals surface area contributed by atoms with Crippen molar-refractivity contribution in [1.29, 1.82) is 0 Å². The molecule has 2 aliphatic rings. The highest BCUT2D eigenvalue weighted by atomic mass is 16.5. The van der Waals surface area contributed by atoms with Crippen molar-refractivity contribution in [3.8, 4) is 11.4 Å². The van der Waals surface area contributed by atoms with Gasteiger partial charge in [0.25, 0.3) is 0 Å². The van der Waals surface area contributed by atoms with E-state index in [1.54, 1.807) is 0 Å². The molecule has 5 nitrogen and oxygen atoms in total. The third-order valence-corrected chi connectivity index (χ3v) is 6.09. The molecule has 1 fully saturated rings. The Bertz CT molecular complexity index is 915. The van der Waals surface area contributed by atoms with Gasteiger partial charge >= 0.3 is 0 Å². The fourth-order valence-electron chi connectivity index (χ4n) is 4.49. The van der Waals surface area contributed by atoms with Crippen LogP contribution in [0.4, 0.5) is 0 Å². The smallest absolute Gasteiger partial charge is 0.241 e. The fraction of sp³-hybridized carbons (Fsp3) is 0.391. The summed E-state index contributed by atoms with van der Waals surface area (Å²) in [6, 6.07) is 19.6. The summed E-state index contributed by atoms with van der Waals surface area (Å²) in [4.78, 5) is 9.70. The number of hydrogen-bond donors (Lipinski definition) is 0. The lowest BCUT2D eigenvalue weighted by Crippen LogP contribution is -2.46. The van der Waals surface area contributed by atoms with Gasteiger partial charge in [0.05, 0.1) is 6.54 Å². The lowest BCUT2D eigenvalue weighted by Gasteiger charge is -2.40. The maximum Gasteiger partial charge on any atom is 0.241 e. The molecule has 0 amide bonds. The fourth-order valence-corrected chi connectivity index (χ4v) is 4.49. The Labute approximate surface area is 166 Å². The zero-order valence-corrected chi connectivity index (χ0v) is 16.1. The highest BCUT2D eigenvalue weighted by Crippen LogP contribution is 2.25. The number of nitrogens with zero attached hydrogens (tertiary/aromatic N) is 4. The van der Waals surface area contributed by atoms with Crippen LogP contribution in [-0.2, 0) is 19.5 Å². The van der Waals surface area contributed by atoms with E-state index in [2.05, 4.69) is 44.2 Å². The number of fused-ring (bicyclic) bond motifs is 1. The van der Waals surface area contributed by atoms with Crippen molar-refractivity contribution in [2.45, 2.75) is 38.4 Å². The summed E-state index contributed by atoms with van der Waals surface area (Å²) in [5, 5.41) is 4.14. The second kappa shape index (κ2) is 7.86. The van der Waals surface area contributed by atoms with Crippen LogP contribution in [0.2, 0.25) is 0 Å². The first-order valence-electron chi connectivity index (χ1n) is 10.3. The molecular formula is C23H26N4O. The predicted molar refractivity (Wildman–Crippen MR) is 109 cm³/mol. The zero-order valence-electron chi connectivity index (χ0n) is 16.1. The average molecular weight is 374 g/mol. The summed E-state index contributed by atoms with van der Waals surface area (Å²) in [7, 11) is 0. The Kier molecular flexibility index (Phi) is 4.93. The van der Waals surface area contributed by atoms with Gasteiger partial charge in [-0.05, 0) is 30.4 Å². The van der Waals surface area contributed by atoms with Gasteiger partial charge in [-0.3, -0.25) is 9.80 Å². The van der Waals surface area contributed by atoms with E-state index in [0.717, 1.165) is 31.7 Å². The van der Waals surface area contributed by atoms with Gasteiger partial charge in [-0.2, -0.15) is 4.98 Å². The molecule has 28 heavy (non-hydrogen) atoms. The van der Waals surface area contributed by atoms with E-state index in [9.17, 15) is 0 Å². The number of benzene rings is 2. The average Bonchev–Trinajstić information content (AvgIpc) is 3.23. The van der Waals surface area contributed by atoms with Crippen molar-refractivity contribution in [2.75, 3.05) is 19.6 Å². The Morgan fingerprint density at radius 2 is 1.64 bits per heavy atom. The Morgan fingerprint density at radius 1 is 0.893 bits per heavy atom. The van der Waals surface area contributed by atoms with Crippen LogP contribution in [0.3, 0.4) is 0 Å². The number of hydrogen-bond acceptors (Lipinski definition) is 5. The van der Waals surface area contributed by atoms with Gasteiger partial charge in [0.15, 0.2) is 0 Å². The second-order valence-corrected chi connectivity index (χ2v) is 7.87. The lowest BCUT2D eigenvalue weighted by molar-refractivity contribution is 0.0894. The predicted octanol–water partition coefficient (Wildman–Crippen LogP) is 3.76. The second-order valence-electron chi connectivity index (χ2n) is 7.87. The van der Waals surface area contributed by atoms with Crippen LogP contribution in [-0.4, -0.2) is 45.6 Å². The number of piperidine rings is 1. The minimum absolute atomic E-state index is 0.678. The summed E-state index contributed by atoms with van der Waals surface area (Å²) in [6.45, 7) is 5.21. The highest BCUT2D eigenvalue weighted by molar-refractivity contribution is 5.53. The summed E-state index contributed by atoms with van der Waals surface area (Å²) in [5.74, 6) is 1.39. The van der Waals surface area contributed by atoms with E-state index in [1.807, 2.05) is 30.3 Å². The number of rotatable bonds is 4. The maximum atomic E-state index is 5.49. The largest absolute Gasteiger partial charge is 0.338 e. The minimum atomic E-state index is 0.678. The standard InChI is InChI=1S/C23H26N4O/c1-2-7-19(8-3-1)23-24-22(28-25-23)17-26-13-11-21(12-14-26)27-15-10-18-6-4-5-9-20(18)16-27/h1-9,21H,10-17H2. The molecule has 0 atom stereocenters. The molecule has 3 aromatic rings. The molecule has 0 bridgehead atoms. The molecule has 144 valence electrons. The molecule has 0 aliphatic carbocycles. The molecule has 2 aliphatic heterocycles. The third-order valence-electron chi connectivity index (χ3n) is 6.09. The molecule has 0 radical (unpaired) electrons. The van der Waals surface area contributed by atoms with Crippen LogP contribution in [0.25, 0.3) is 11.4 Å². The molecule has 3 heterocycles. The summed E-state index contributed by atoms with van der Waals surface area (Å²) in [5.41, 5.74) is 4.04. The van der Waals surface area contributed by atoms with Gasteiger partial charge in [0.1, 0.15) is 0 Å². The molecule has 0 saturated carbocycles. The lowest BCUT2D eigenvalue weighted by atomic mass is 9.95. The van der Waals surface area contributed by atoms with Crippen LogP contribution in [0.1, 0.15) is 29.9 Å². The quantitative estimate of drug-likeness (QED) is 0.696. The molecule has 1 aromatic heterocycles. The van der Waals surface area contributed by atoms with Gasteiger partial charge < -0.3 is 4.52 Å². The molecule has 2 aromatic carbocycles. The van der Waals surface area contributed by atoms with Crippen molar-refractivity contribution in [3.05, 3.63) is 71.6 Å². The van der Waals surface area contributed by atoms with Gasteiger partial charge in [-0.25, -0.2) is 0 Å². The van der Waals surface area contributed by atoms with Crippen LogP contribution >= 0.6 is 0 Å². The van der Waals surface area contributed by atoms with Crippen LogP contribution in [0.15, 0.2) is 59.1 Å². The van der Waals surface area contributed by atoms with E-state index in [0.29, 0.717) is 17.8 Å². The van der Waals surface area contributed by atoms with Gasteiger partial charge in [-0.15, -0.1) is 0 Å². The first-order chi connectivity index (χ1) is 13.8. The van der Waals surface area contributed by atoms with Crippen LogP contribution < -0.4 is 0 Å². The van der Waals surface area contributed by atoms with Crippen LogP contribution in [0.5, 0.6) is 0 Å². The van der Waals surface area contributed by atoms with E-state index < -0.39 is 0 Å². The Hall–Kier alpha value is -2.50. The molecule has 0 spiro atoms. The minimum Gasteiger partial charge on any atom is -0.338 e. The van der Waals surface area contributed by atoms with E-state index >= 15 is 0 Å². The highest BCUT2D eigenvalue weighted by Gasteiger charge is 2.27. The molecule has 5 heteroatoms. The summed E-state index contributed by atoms with van der Waals surface area (Å²) >= 11 is 0. The molecule has 5 rings (SSSR count). The summed E-state index contributed by atoms with van der Waals surface area (Å²) in [6.07, 6.45) is 3.60. The molecule has 0 unspecified atom stereocenters. The normalized spacial score (nSPS) is 18.9. The molecule has 1 saturated heterocycles. The molecule has 0 N–H and O–H groups in total. The molecular weight excluding hydrogens is 348 g/mol. The van der Waals surface area contributed by atoms with Crippen molar-refractivity contribution < 1.29 is 4.52 Å². The van der Waals surface area contributed by atoms with Crippen molar-refractivity contribution in [3.63, 3.8) is 0 Å². The van der Waals surface area contributed by atoms with Gasteiger partial charge in [0.2, 0.25) is 11.7 Å². The van der Waals surface area contributed by atoms with Gasteiger partial charge in [0, 0.05) is 37.8 Å². The SMILES string of the molecule is c1ccc(-c2noc(CN3CCC(N4CCc5ccccc5C4)CC3)n2)cc1. The zero-order chi connectivity index (χ0) is 18.8. The first kappa shape index (κ1) is 17.6. The number of likely N-dealkylation sites (tertiary alicyclic amines) is 1. The third kappa shape index (κ3) is 3.73.